The van der Waals surface area contributed by atoms with E-state index in [1.54, 1.807) is 0 Å². The van der Waals surface area contributed by atoms with Crippen molar-refractivity contribution in [3.05, 3.63) is 34.9 Å². The van der Waals surface area contributed by atoms with Crippen molar-refractivity contribution in [2.24, 2.45) is 0 Å². The van der Waals surface area contributed by atoms with Crippen molar-refractivity contribution in [1.82, 2.24) is 10.6 Å². The summed E-state index contributed by atoms with van der Waals surface area (Å²) in [4.78, 5) is 12.4. The van der Waals surface area contributed by atoms with Crippen LogP contribution in [0.1, 0.15) is 37.7 Å². The van der Waals surface area contributed by atoms with Crippen molar-refractivity contribution in [2.45, 2.75) is 43.6 Å². The monoisotopic (exact) mass is 372 g/mol. The normalized spacial score (nSPS) is 23.1. The van der Waals surface area contributed by atoms with E-state index in [0.29, 0.717) is 19.7 Å². The Kier molecular flexibility index (Phi) is 7.35. The Labute approximate surface area is 155 Å². The van der Waals surface area contributed by atoms with Gasteiger partial charge in [0.05, 0.1) is 6.61 Å². The molecule has 1 aliphatic heterocycles. The number of halogens is 2. The predicted molar refractivity (Wildman–Crippen MR) is 99.1 cm³/mol. The molecule has 2 aliphatic rings. The van der Waals surface area contributed by atoms with Gasteiger partial charge in [-0.3, -0.25) is 4.79 Å². The first-order valence-electron chi connectivity index (χ1n) is 8.56. The lowest BCUT2D eigenvalue weighted by molar-refractivity contribution is -0.134. The predicted octanol–water partition coefficient (Wildman–Crippen LogP) is 3.07. The number of carbonyl (C=O) groups excluding carboxylic acids is 1. The maximum atomic E-state index is 12.4. The second kappa shape index (κ2) is 9.04. The van der Waals surface area contributed by atoms with Gasteiger partial charge < -0.3 is 15.4 Å². The second-order valence-electron chi connectivity index (χ2n) is 6.63. The van der Waals surface area contributed by atoms with Crippen LogP contribution in [-0.2, 0) is 14.9 Å². The Morgan fingerprint density at radius 1 is 1.25 bits per heavy atom. The van der Waals surface area contributed by atoms with E-state index in [4.69, 9.17) is 16.3 Å². The van der Waals surface area contributed by atoms with Crippen molar-refractivity contribution in [3.63, 3.8) is 0 Å². The molecule has 0 bridgehead atoms. The van der Waals surface area contributed by atoms with Crippen LogP contribution in [0.4, 0.5) is 0 Å². The summed E-state index contributed by atoms with van der Waals surface area (Å²) in [5, 5.41) is 7.09. The average Bonchev–Trinajstić information content (AvgIpc) is 2.62. The van der Waals surface area contributed by atoms with E-state index in [2.05, 4.69) is 22.8 Å². The van der Waals surface area contributed by atoms with Gasteiger partial charge in [-0.05, 0) is 30.5 Å². The summed E-state index contributed by atoms with van der Waals surface area (Å²) in [6.45, 7) is 2.69. The van der Waals surface area contributed by atoms with Gasteiger partial charge in [0, 0.05) is 30.1 Å². The number of ether oxygens (including phenoxy) is 1. The molecule has 1 aromatic rings. The number of carbonyl (C=O) groups is 1. The average molecular weight is 373 g/mol. The summed E-state index contributed by atoms with van der Waals surface area (Å²) in [5.41, 5.74) is 1.31. The molecule has 0 spiro atoms. The first-order valence-corrected chi connectivity index (χ1v) is 8.94. The van der Waals surface area contributed by atoms with Gasteiger partial charge in [-0.25, -0.2) is 0 Å². The molecule has 24 heavy (non-hydrogen) atoms. The van der Waals surface area contributed by atoms with Gasteiger partial charge in [-0.2, -0.15) is 0 Å². The number of nitrogens with one attached hydrogen (secondary N) is 2. The molecule has 1 heterocycles. The zero-order chi connectivity index (χ0) is 16.1. The lowest BCUT2D eigenvalue weighted by Crippen LogP contribution is -2.51. The molecule has 6 heteroatoms. The fraction of sp³-hybridized carbons (Fsp3) is 0.611. The van der Waals surface area contributed by atoms with E-state index >= 15 is 0 Å². The number of amides is 1. The van der Waals surface area contributed by atoms with Gasteiger partial charge in [0.1, 0.15) is 6.10 Å². The Hall–Kier alpha value is -0.810. The van der Waals surface area contributed by atoms with Crippen LogP contribution in [-0.4, -0.2) is 38.3 Å². The lowest BCUT2D eigenvalue weighted by Gasteiger charge is -2.38. The standard InChI is InChI=1S/C18H25ClN2O2.ClH/c19-15-6-4-14(5-7-15)18(8-2-1-3-9-18)13-21-17(22)16-12-20-10-11-23-16;/h4-7,16,20H,1-3,8-13H2,(H,21,22);1H. The van der Waals surface area contributed by atoms with Gasteiger partial charge in [-0.15, -0.1) is 12.4 Å². The van der Waals surface area contributed by atoms with Crippen molar-refractivity contribution in [3.8, 4) is 0 Å². The van der Waals surface area contributed by atoms with E-state index in [-0.39, 0.29) is 29.8 Å². The van der Waals surface area contributed by atoms with Gasteiger partial charge in [0.2, 0.25) is 5.91 Å². The molecule has 1 atom stereocenters. The van der Waals surface area contributed by atoms with Crippen molar-refractivity contribution in [1.29, 1.82) is 0 Å². The molecule has 1 unspecified atom stereocenters. The Morgan fingerprint density at radius 3 is 2.58 bits per heavy atom. The number of hydrogen-bond acceptors (Lipinski definition) is 3. The molecule has 1 saturated heterocycles. The molecule has 2 fully saturated rings. The van der Waals surface area contributed by atoms with E-state index in [9.17, 15) is 4.79 Å². The molecule has 4 nitrogen and oxygen atoms in total. The zero-order valence-electron chi connectivity index (χ0n) is 13.9. The van der Waals surface area contributed by atoms with E-state index in [1.807, 2.05) is 12.1 Å². The van der Waals surface area contributed by atoms with Crippen LogP contribution in [0.25, 0.3) is 0 Å². The highest BCUT2D eigenvalue weighted by Crippen LogP contribution is 2.39. The van der Waals surface area contributed by atoms with Crippen LogP contribution >= 0.6 is 24.0 Å². The molecule has 1 amide bonds. The molecular weight excluding hydrogens is 347 g/mol. The van der Waals surface area contributed by atoms with Gasteiger partial charge >= 0.3 is 0 Å². The summed E-state index contributed by atoms with van der Waals surface area (Å²) >= 11 is 6.03. The molecule has 3 rings (SSSR count). The molecule has 1 aliphatic carbocycles. The topological polar surface area (TPSA) is 50.4 Å². The minimum atomic E-state index is -0.366. The highest BCUT2D eigenvalue weighted by atomic mass is 35.5. The molecule has 0 aromatic heterocycles. The number of benzene rings is 1. The third-order valence-corrected chi connectivity index (χ3v) is 5.34. The minimum absolute atomic E-state index is 0. The highest BCUT2D eigenvalue weighted by molar-refractivity contribution is 6.30. The number of hydrogen-bond donors (Lipinski definition) is 2. The summed E-state index contributed by atoms with van der Waals surface area (Å²) in [5.74, 6) is -0.00360. The van der Waals surface area contributed by atoms with Crippen LogP contribution in [0.5, 0.6) is 0 Å². The maximum absolute atomic E-state index is 12.4. The third kappa shape index (κ3) is 4.63. The summed E-state index contributed by atoms with van der Waals surface area (Å²) in [6, 6.07) is 8.11. The van der Waals surface area contributed by atoms with E-state index in [1.165, 1.54) is 24.8 Å². The van der Waals surface area contributed by atoms with Crippen LogP contribution in [0.15, 0.2) is 24.3 Å². The van der Waals surface area contributed by atoms with Crippen LogP contribution in [0, 0.1) is 0 Å². The molecule has 1 aromatic carbocycles. The maximum Gasteiger partial charge on any atom is 0.250 e. The number of rotatable bonds is 4. The fourth-order valence-electron chi connectivity index (χ4n) is 3.70. The van der Waals surface area contributed by atoms with Crippen molar-refractivity contribution in [2.75, 3.05) is 26.2 Å². The van der Waals surface area contributed by atoms with E-state index < -0.39 is 0 Å². The van der Waals surface area contributed by atoms with Gasteiger partial charge in [0.25, 0.3) is 0 Å². The third-order valence-electron chi connectivity index (χ3n) is 5.09. The van der Waals surface area contributed by atoms with Crippen LogP contribution < -0.4 is 10.6 Å². The molecular formula is C18H26Cl2N2O2. The molecule has 134 valence electrons. The lowest BCUT2D eigenvalue weighted by atomic mass is 9.69. The first kappa shape index (κ1) is 19.5. The van der Waals surface area contributed by atoms with E-state index in [0.717, 1.165) is 24.4 Å². The molecule has 1 saturated carbocycles. The summed E-state index contributed by atoms with van der Waals surface area (Å²) < 4.78 is 5.54. The van der Waals surface area contributed by atoms with Crippen molar-refractivity contribution < 1.29 is 9.53 Å². The Bertz CT molecular complexity index is 524. The quantitative estimate of drug-likeness (QED) is 0.853. The molecule has 2 N–H and O–H groups in total. The Morgan fingerprint density at radius 2 is 1.96 bits per heavy atom. The molecule has 0 radical (unpaired) electrons. The first-order chi connectivity index (χ1) is 11.2. The largest absolute Gasteiger partial charge is 0.366 e. The highest BCUT2D eigenvalue weighted by Gasteiger charge is 2.35. The van der Waals surface area contributed by atoms with Crippen molar-refractivity contribution >= 4 is 29.9 Å². The smallest absolute Gasteiger partial charge is 0.250 e. The van der Waals surface area contributed by atoms with Gasteiger partial charge in [0.15, 0.2) is 0 Å². The van der Waals surface area contributed by atoms with Crippen LogP contribution in [0.2, 0.25) is 5.02 Å². The Balaban J connectivity index is 0.00000208. The fourth-order valence-corrected chi connectivity index (χ4v) is 3.83. The SMILES string of the molecule is Cl.O=C(NCC1(c2ccc(Cl)cc2)CCCCC1)C1CNCCO1. The summed E-state index contributed by atoms with van der Waals surface area (Å²) in [6.07, 6.45) is 5.55. The second-order valence-corrected chi connectivity index (χ2v) is 7.07. The van der Waals surface area contributed by atoms with Crippen LogP contribution in [0.3, 0.4) is 0 Å². The summed E-state index contributed by atoms with van der Waals surface area (Å²) in [7, 11) is 0. The number of morpholine rings is 1. The zero-order valence-corrected chi connectivity index (χ0v) is 15.4. The minimum Gasteiger partial charge on any atom is -0.366 e. The van der Waals surface area contributed by atoms with Gasteiger partial charge in [-0.1, -0.05) is 43.0 Å².